The van der Waals surface area contributed by atoms with E-state index in [9.17, 15) is 8.42 Å². The van der Waals surface area contributed by atoms with Crippen molar-refractivity contribution < 1.29 is 13.2 Å². The molecule has 0 atom stereocenters. The van der Waals surface area contributed by atoms with Gasteiger partial charge in [-0.2, -0.15) is 0 Å². The van der Waals surface area contributed by atoms with Crippen molar-refractivity contribution in [2.75, 3.05) is 39.2 Å². The quantitative estimate of drug-likeness (QED) is 0.710. The summed E-state index contributed by atoms with van der Waals surface area (Å²) in [7, 11) is -0.292. The van der Waals surface area contributed by atoms with E-state index in [0.717, 1.165) is 38.3 Å². The van der Waals surface area contributed by atoms with Crippen molar-refractivity contribution in [1.82, 2.24) is 4.31 Å². The van der Waals surface area contributed by atoms with Crippen LogP contribution in [0.3, 0.4) is 0 Å². The molecule has 0 aliphatic rings. The Morgan fingerprint density at radius 1 is 1.15 bits per heavy atom. The van der Waals surface area contributed by atoms with Crippen LogP contribution in [-0.2, 0) is 14.8 Å². The summed E-state index contributed by atoms with van der Waals surface area (Å²) in [5.41, 5.74) is 0.915. The van der Waals surface area contributed by atoms with Gasteiger partial charge in [0.15, 0.2) is 0 Å². The minimum absolute atomic E-state index is 0.305. The van der Waals surface area contributed by atoms with Crippen LogP contribution in [0.25, 0.3) is 0 Å². The van der Waals surface area contributed by atoms with Gasteiger partial charge in [-0.1, -0.05) is 6.92 Å². The molecule has 1 N–H and O–H groups in total. The van der Waals surface area contributed by atoms with Crippen LogP contribution in [0.2, 0.25) is 0 Å². The maximum Gasteiger partial charge on any atom is 0.242 e. The fraction of sp³-hybridized carbons (Fsp3) is 0.571. The van der Waals surface area contributed by atoms with Gasteiger partial charge in [-0.3, -0.25) is 0 Å². The number of benzene rings is 1. The molecule has 0 fully saturated rings. The molecule has 0 aromatic heterocycles. The summed E-state index contributed by atoms with van der Waals surface area (Å²) in [6.45, 7) is 4.44. The lowest BCUT2D eigenvalue weighted by atomic mass is 10.3. The van der Waals surface area contributed by atoms with E-state index in [1.807, 2.05) is 0 Å². The van der Waals surface area contributed by atoms with E-state index >= 15 is 0 Å². The van der Waals surface area contributed by atoms with E-state index in [1.54, 1.807) is 24.3 Å². The molecule has 0 saturated carbocycles. The van der Waals surface area contributed by atoms with Crippen LogP contribution in [0.5, 0.6) is 0 Å². The molecule has 1 aromatic rings. The predicted octanol–water partition coefficient (Wildman–Crippen LogP) is 2.17. The summed E-state index contributed by atoms with van der Waals surface area (Å²) >= 11 is 0. The third-order valence-electron chi connectivity index (χ3n) is 2.78. The van der Waals surface area contributed by atoms with Crippen LogP contribution in [0.4, 0.5) is 5.69 Å². The minimum atomic E-state index is -3.34. The Bertz CT molecular complexity index is 484. The fourth-order valence-corrected chi connectivity index (χ4v) is 2.51. The third kappa shape index (κ3) is 5.11. The maximum atomic E-state index is 11.9. The molecule has 20 heavy (non-hydrogen) atoms. The zero-order chi connectivity index (χ0) is 15.0. The van der Waals surface area contributed by atoms with Gasteiger partial charge in [0.1, 0.15) is 0 Å². The molecule has 0 amide bonds. The number of sulfonamides is 1. The van der Waals surface area contributed by atoms with Gasteiger partial charge in [0.05, 0.1) is 4.90 Å². The van der Waals surface area contributed by atoms with Gasteiger partial charge in [0.25, 0.3) is 0 Å². The minimum Gasteiger partial charge on any atom is -0.385 e. The lowest BCUT2D eigenvalue weighted by Gasteiger charge is -2.12. The Morgan fingerprint density at radius 3 is 2.35 bits per heavy atom. The molecule has 0 unspecified atom stereocenters. The molecule has 0 aliphatic heterocycles. The Balaban J connectivity index is 2.44. The zero-order valence-corrected chi connectivity index (χ0v) is 13.2. The number of hydrogen-bond acceptors (Lipinski definition) is 4. The van der Waals surface area contributed by atoms with Crippen LogP contribution in [-0.4, -0.2) is 46.6 Å². The van der Waals surface area contributed by atoms with Crippen molar-refractivity contribution >= 4 is 15.7 Å². The SMILES string of the molecule is CCCOCCCNc1ccc(S(=O)(=O)N(C)C)cc1. The molecule has 6 heteroatoms. The largest absolute Gasteiger partial charge is 0.385 e. The molecule has 0 saturated heterocycles. The second-order valence-corrected chi connectivity index (χ2v) is 6.86. The summed E-state index contributed by atoms with van der Waals surface area (Å²) < 4.78 is 30.4. The first kappa shape index (κ1) is 16.9. The van der Waals surface area contributed by atoms with E-state index in [-0.39, 0.29) is 0 Å². The van der Waals surface area contributed by atoms with Gasteiger partial charge in [-0.25, -0.2) is 12.7 Å². The lowest BCUT2D eigenvalue weighted by molar-refractivity contribution is 0.134. The number of hydrogen-bond donors (Lipinski definition) is 1. The van der Waals surface area contributed by atoms with Crippen LogP contribution < -0.4 is 5.32 Å². The van der Waals surface area contributed by atoms with Gasteiger partial charge in [0, 0.05) is 39.5 Å². The Labute approximate surface area is 122 Å². The number of anilines is 1. The summed E-state index contributed by atoms with van der Waals surface area (Å²) in [6.07, 6.45) is 1.97. The first-order valence-corrected chi connectivity index (χ1v) is 8.26. The van der Waals surface area contributed by atoms with E-state index in [0.29, 0.717) is 4.90 Å². The van der Waals surface area contributed by atoms with E-state index in [2.05, 4.69) is 12.2 Å². The molecular weight excluding hydrogens is 276 g/mol. The van der Waals surface area contributed by atoms with Crippen LogP contribution >= 0.6 is 0 Å². The van der Waals surface area contributed by atoms with Crippen LogP contribution in [0, 0.1) is 0 Å². The Morgan fingerprint density at radius 2 is 1.80 bits per heavy atom. The van der Waals surface area contributed by atoms with Gasteiger partial charge in [-0.15, -0.1) is 0 Å². The highest BCUT2D eigenvalue weighted by Gasteiger charge is 2.16. The topological polar surface area (TPSA) is 58.6 Å². The van der Waals surface area contributed by atoms with Gasteiger partial charge >= 0.3 is 0 Å². The highest BCUT2D eigenvalue weighted by Crippen LogP contribution is 2.16. The standard InChI is InChI=1S/C14H24N2O3S/c1-4-11-19-12-5-10-15-13-6-8-14(9-7-13)20(17,18)16(2)3/h6-9,15H,4-5,10-12H2,1-3H3. The van der Waals surface area contributed by atoms with Crippen molar-refractivity contribution in [1.29, 1.82) is 0 Å². The van der Waals surface area contributed by atoms with E-state index in [4.69, 9.17) is 4.74 Å². The monoisotopic (exact) mass is 300 g/mol. The van der Waals surface area contributed by atoms with Crippen molar-refractivity contribution in [3.63, 3.8) is 0 Å². The molecular formula is C14H24N2O3S. The molecule has 0 heterocycles. The van der Waals surface area contributed by atoms with Crippen LogP contribution in [0.1, 0.15) is 19.8 Å². The number of nitrogens with zero attached hydrogens (tertiary/aromatic N) is 1. The number of rotatable bonds is 9. The number of nitrogens with one attached hydrogen (secondary N) is 1. The first-order chi connectivity index (χ1) is 9.48. The van der Waals surface area contributed by atoms with Gasteiger partial charge in [0.2, 0.25) is 10.0 Å². The smallest absolute Gasteiger partial charge is 0.242 e. The van der Waals surface area contributed by atoms with Crippen molar-refractivity contribution in [3.05, 3.63) is 24.3 Å². The first-order valence-electron chi connectivity index (χ1n) is 6.82. The predicted molar refractivity (Wildman–Crippen MR) is 81.5 cm³/mol. The molecule has 0 bridgehead atoms. The summed E-state index contributed by atoms with van der Waals surface area (Å²) in [6, 6.07) is 6.79. The third-order valence-corrected chi connectivity index (χ3v) is 4.61. The van der Waals surface area contributed by atoms with Crippen molar-refractivity contribution in [2.24, 2.45) is 0 Å². The van der Waals surface area contributed by atoms with Gasteiger partial charge < -0.3 is 10.1 Å². The average molecular weight is 300 g/mol. The molecule has 0 spiro atoms. The fourth-order valence-electron chi connectivity index (χ4n) is 1.61. The summed E-state index contributed by atoms with van der Waals surface area (Å²) in [4.78, 5) is 0.305. The zero-order valence-electron chi connectivity index (χ0n) is 12.4. The Kier molecular flexibility index (Phi) is 6.98. The molecule has 1 aromatic carbocycles. The van der Waals surface area contributed by atoms with E-state index in [1.165, 1.54) is 18.4 Å². The highest BCUT2D eigenvalue weighted by atomic mass is 32.2. The lowest BCUT2D eigenvalue weighted by Crippen LogP contribution is -2.22. The Hall–Kier alpha value is -1.11. The number of ether oxygens (including phenoxy) is 1. The molecule has 5 nitrogen and oxygen atoms in total. The molecule has 0 radical (unpaired) electrons. The van der Waals surface area contributed by atoms with Crippen LogP contribution in [0.15, 0.2) is 29.2 Å². The molecule has 114 valence electrons. The summed E-state index contributed by atoms with van der Waals surface area (Å²) in [5, 5.41) is 3.24. The maximum absolute atomic E-state index is 11.9. The average Bonchev–Trinajstić information content (AvgIpc) is 2.43. The normalized spacial score (nSPS) is 11.8. The second-order valence-electron chi connectivity index (χ2n) is 4.70. The van der Waals surface area contributed by atoms with Crippen molar-refractivity contribution in [3.8, 4) is 0 Å². The van der Waals surface area contributed by atoms with Gasteiger partial charge in [-0.05, 0) is 37.1 Å². The van der Waals surface area contributed by atoms with E-state index < -0.39 is 10.0 Å². The molecule has 1 rings (SSSR count). The second kappa shape index (κ2) is 8.24. The summed E-state index contributed by atoms with van der Waals surface area (Å²) in [5.74, 6) is 0. The highest BCUT2D eigenvalue weighted by molar-refractivity contribution is 7.89. The van der Waals surface area contributed by atoms with Crippen molar-refractivity contribution in [2.45, 2.75) is 24.7 Å². The molecule has 0 aliphatic carbocycles.